The molecule has 3 rings (SSSR count). The van der Waals surface area contributed by atoms with E-state index in [9.17, 15) is 9.59 Å². The number of anilines is 1. The molecule has 0 unspecified atom stereocenters. The molecule has 1 N–H and O–H groups in total. The van der Waals surface area contributed by atoms with Crippen LogP contribution in [-0.2, 0) is 11.2 Å². The minimum Gasteiger partial charge on any atom is -0.456 e. The highest BCUT2D eigenvalue weighted by molar-refractivity contribution is 5.91. The van der Waals surface area contributed by atoms with Gasteiger partial charge in [-0.15, -0.1) is 0 Å². The van der Waals surface area contributed by atoms with E-state index in [1.54, 1.807) is 21.7 Å². The van der Waals surface area contributed by atoms with E-state index in [1.165, 1.54) is 6.92 Å². The average Bonchev–Trinajstić information content (AvgIpc) is 3.25. The molecular formula is C16H20N4O3. The van der Waals surface area contributed by atoms with Gasteiger partial charge in [0.25, 0.3) is 5.91 Å². The number of rotatable bonds is 4. The maximum absolute atomic E-state index is 12.4. The SMILES string of the molecule is CCc1ccc(C(=O)N2CC[C@@H](n3ccc(NC(C)=O)n3)C2)o1. The lowest BCUT2D eigenvalue weighted by Crippen LogP contribution is -2.28. The molecule has 1 atom stereocenters. The van der Waals surface area contributed by atoms with Crippen LogP contribution in [0.15, 0.2) is 28.8 Å². The Hall–Kier alpha value is -2.57. The van der Waals surface area contributed by atoms with Crippen molar-refractivity contribution in [3.63, 3.8) is 0 Å². The van der Waals surface area contributed by atoms with Crippen LogP contribution in [0.4, 0.5) is 5.82 Å². The smallest absolute Gasteiger partial charge is 0.289 e. The lowest BCUT2D eigenvalue weighted by atomic mass is 10.3. The van der Waals surface area contributed by atoms with Gasteiger partial charge in [0.2, 0.25) is 5.91 Å². The number of likely N-dealkylation sites (tertiary alicyclic amines) is 1. The standard InChI is InChI=1S/C16H20N4O3/c1-3-13-4-5-14(23-13)16(22)19-8-6-12(10-19)20-9-7-15(18-20)17-11(2)21/h4-5,7,9,12H,3,6,8,10H2,1-2H3,(H,17,18,21)/t12-/m1/s1. The number of carbonyl (C=O) groups is 2. The third-order valence-electron chi connectivity index (χ3n) is 3.96. The van der Waals surface area contributed by atoms with Gasteiger partial charge >= 0.3 is 0 Å². The van der Waals surface area contributed by atoms with Crippen LogP contribution in [0.2, 0.25) is 0 Å². The van der Waals surface area contributed by atoms with Gasteiger partial charge in [-0.1, -0.05) is 6.92 Å². The normalized spacial score (nSPS) is 17.5. The average molecular weight is 316 g/mol. The van der Waals surface area contributed by atoms with Gasteiger partial charge in [0.1, 0.15) is 5.76 Å². The summed E-state index contributed by atoms with van der Waals surface area (Å²) < 4.78 is 7.34. The summed E-state index contributed by atoms with van der Waals surface area (Å²) in [6.07, 6.45) is 3.43. The van der Waals surface area contributed by atoms with Gasteiger partial charge in [-0.2, -0.15) is 5.10 Å². The fourth-order valence-corrected chi connectivity index (χ4v) is 2.77. The van der Waals surface area contributed by atoms with Gasteiger partial charge in [0.15, 0.2) is 11.6 Å². The van der Waals surface area contributed by atoms with Crippen LogP contribution in [0.25, 0.3) is 0 Å². The van der Waals surface area contributed by atoms with Crippen LogP contribution >= 0.6 is 0 Å². The number of hydrogen-bond acceptors (Lipinski definition) is 4. The van der Waals surface area contributed by atoms with E-state index >= 15 is 0 Å². The van der Waals surface area contributed by atoms with Gasteiger partial charge in [0.05, 0.1) is 6.04 Å². The zero-order valence-electron chi connectivity index (χ0n) is 13.3. The fourth-order valence-electron chi connectivity index (χ4n) is 2.77. The van der Waals surface area contributed by atoms with E-state index < -0.39 is 0 Å². The number of furan rings is 1. The van der Waals surface area contributed by atoms with Crippen molar-refractivity contribution in [2.45, 2.75) is 32.7 Å². The molecule has 1 aliphatic heterocycles. The van der Waals surface area contributed by atoms with Crippen LogP contribution in [0.1, 0.15) is 42.6 Å². The Labute approximate surface area is 134 Å². The van der Waals surface area contributed by atoms with Gasteiger partial charge in [-0.05, 0) is 18.6 Å². The van der Waals surface area contributed by atoms with Gasteiger partial charge in [0, 0.05) is 38.7 Å². The van der Waals surface area contributed by atoms with E-state index in [2.05, 4.69) is 10.4 Å². The lowest BCUT2D eigenvalue weighted by molar-refractivity contribution is -0.114. The van der Waals surface area contributed by atoms with Crippen LogP contribution in [0, 0.1) is 0 Å². The first-order valence-electron chi connectivity index (χ1n) is 7.77. The molecule has 23 heavy (non-hydrogen) atoms. The Morgan fingerprint density at radius 2 is 2.22 bits per heavy atom. The summed E-state index contributed by atoms with van der Waals surface area (Å²) in [7, 11) is 0. The van der Waals surface area contributed by atoms with E-state index in [1.807, 2.05) is 19.2 Å². The van der Waals surface area contributed by atoms with Crippen LogP contribution in [-0.4, -0.2) is 39.6 Å². The van der Waals surface area contributed by atoms with Gasteiger partial charge < -0.3 is 14.6 Å². The minimum atomic E-state index is -0.150. The molecule has 1 saturated heterocycles. The molecule has 3 heterocycles. The highest BCUT2D eigenvalue weighted by Crippen LogP contribution is 2.24. The maximum Gasteiger partial charge on any atom is 0.289 e. The highest BCUT2D eigenvalue weighted by Gasteiger charge is 2.30. The van der Waals surface area contributed by atoms with Gasteiger partial charge in [-0.3, -0.25) is 14.3 Å². The van der Waals surface area contributed by atoms with E-state index in [-0.39, 0.29) is 17.9 Å². The molecule has 0 spiro atoms. The first kappa shape index (κ1) is 15.3. The largest absolute Gasteiger partial charge is 0.456 e. The number of nitrogens with one attached hydrogen (secondary N) is 1. The van der Waals surface area contributed by atoms with Crippen molar-refractivity contribution < 1.29 is 14.0 Å². The predicted octanol–water partition coefficient (Wildman–Crippen LogP) is 2.08. The Balaban J connectivity index is 1.64. The summed E-state index contributed by atoms with van der Waals surface area (Å²) in [6, 6.07) is 5.44. The Morgan fingerprint density at radius 3 is 2.91 bits per heavy atom. The molecule has 1 fully saturated rings. The van der Waals surface area contributed by atoms with E-state index in [0.717, 1.165) is 18.6 Å². The predicted molar refractivity (Wildman–Crippen MR) is 84.2 cm³/mol. The van der Waals surface area contributed by atoms with Crippen LogP contribution in [0.3, 0.4) is 0 Å². The van der Waals surface area contributed by atoms with Crippen molar-refractivity contribution in [3.8, 4) is 0 Å². The van der Waals surface area contributed by atoms with Crippen LogP contribution < -0.4 is 5.32 Å². The summed E-state index contributed by atoms with van der Waals surface area (Å²) in [4.78, 5) is 25.3. The zero-order chi connectivity index (χ0) is 16.4. The van der Waals surface area contributed by atoms with E-state index in [0.29, 0.717) is 24.7 Å². The molecule has 0 radical (unpaired) electrons. The molecule has 2 amide bonds. The summed E-state index contributed by atoms with van der Waals surface area (Å²) in [5.41, 5.74) is 0. The molecule has 2 aromatic heterocycles. The Bertz CT molecular complexity index is 718. The number of amides is 2. The maximum atomic E-state index is 12.4. The third-order valence-corrected chi connectivity index (χ3v) is 3.96. The molecule has 7 heteroatoms. The molecule has 0 aromatic carbocycles. The van der Waals surface area contributed by atoms with Crippen molar-refractivity contribution in [2.75, 3.05) is 18.4 Å². The fraction of sp³-hybridized carbons (Fsp3) is 0.438. The van der Waals surface area contributed by atoms with Crippen molar-refractivity contribution in [2.24, 2.45) is 0 Å². The lowest BCUT2D eigenvalue weighted by Gasteiger charge is -2.15. The summed E-state index contributed by atoms with van der Waals surface area (Å²) in [5, 5.41) is 6.99. The van der Waals surface area contributed by atoms with Crippen molar-refractivity contribution in [1.29, 1.82) is 0 Å². The summed E-state index contributed by atoms with van der Waals surface area (Å²) in [5.74, 6) is 1.50. The Kier molecular flexibility index (Phi) is 4.18. The molecule has 2 aromatic rings. The second kappa shape index (κ2) is 6.28. The molecule has 122 valence electrons. The topological polar surface area (TPSA) is 80.4 Å². The second-order valence-electron chi connectivity index (χ2n) is 5.68. The van der Waals surface area contributed by atoms with Crippen LogP contribution in [0.5, 0.6) is 0 Å². The molecular weight excluding hydrogens is 296 g/mol. The van der Waals surface area contributed by atoms with Crippen molar-refractivity contribution in [1.82, 2.24) is 14.7 Å². The Morgan fingerprint density at radius 1 is 1.39 bits per heavy atom. The molecule has 7 nitrogen and oxygen atoms in total. The van der Waals surface area contributed by atoms with Crippen molar-refractivity contribution >= 4 is 17.6 Å². The minimum absolute atomic E-state index is 0.0820. The van der Waals surface area contributed by atoms with E-state index in [4.69, 9.17) is 4.42 Å². The zero-order valence-corrected chi connectivity index (χ0v) is 13.3. The first-order valence-corrected chi connectivity index (χ1v) is 7.77. The monoisotopic (exact) mass is 316 g/mol. The first-order chi connectivity index (χ1) is 11.1. The molecule has 0 bridgehead atoms. The molecule has 1 aliphatic rings. The molecule has 0 aliphatic carbocycles. The third kappa shape index (κ3) is 3.28. The van der Waals surface area contributed by atoms with Crippen molar-refractivity contribution in [3.05, 3.63) is 35.9 Å². The number of aryl methyl sites for hydroxylation is 1. The number of nitrogens with zero attached hydrogens (tertiary/aromatic N) is 3. The summed E-state index contributed by atoms with van der Waals surface area (Å²) >= 11 is 0. The number of hydrogen-bond donors (Lipinski definition) is 1. The number of aromatic nitrogens is 2. The second-order valence-corrected chi connectivity index (χ2v) is 5.68. The summed E-state index contributed by atoms with van der Waals surface area (Å²) in [6.45, 7) is 4.69. The number of carbonyl (C=O) groups excluding carboxylic acids is 2. The highest BCUT2D eigenvalue weighted by atomic mass is 16.4. The van der Waals surface area contributed by atoms with Gasteiger partial charge in [-0.25, -0.2) is 0 Å². The molecule has 0 saturated carbocycles. The quantitative estimate of drug-likeness (QED) is 0.936.